The van der Waals surface area contributed by atoms with E-state index in [4.69, 9.17) is 0 Å². The molecule has 1 rings (SSSR count). The lowest BCUT2D eigenvalue weighted by Gasteiger charge is -2.27. The lowest BCUT2D eigenvalue weighted by atomic mass is 9.99. The molecule has 0 aromatic heterocycles. The second-order valence-electron chi connectivity index (χ2n) is 3.91. The van der Waals surface area contributed by atoms with E-state index in [0.29, 0.717) is 11.6 Å². The molecule has 11 heavy (non-hydrogen) atoms. The van der Waals surface area contributed by atoms with E-state index >= 15 is 0 Å². The Bertz CT molecular complexity index is 125. The van der Waals surface area contributed by atoms with Crippen molar-refractivity contribution in [2.75, 3.05) is 13.1 Å². The van der Waals surface area contributed by atoms with Crippen LogP contribution in [0.15, 0.2) is 0 Å². The quantitative estimate of drug-likeness (QED) is 0.594. The highest BCUT2D eigenvalue weighted by molar-refractivity contribution is 4.88. The van der Waals surface area contributed by atoms with Crippen LogP contribution in [0.3, 0.4) is 0 Å². The first-order chi connectivity index (χ1) is 5.16. The second kappa shape index (κ2) is 3.55. The average molecular weight is 156 g/mol. The molecule has 1 heterocycles. The van der Waals surface area contributed by atoms with Gasteiger partial charge in [-0.15, -0.1) is 0 Å². The molecule has 1 fully saturated rings. The largest absolute Gasteiger partial charge is 0.312 e. The molecule has 1 aliphatic rings. The van der Waals surface area contributed by atoms with Crippen molar-refractivity contribution in [3.8, 4) is 0 Å². The predicted molar refractivity (Wildman–Crippen MR) is 48.8 cm³/mol. The van der Waals surface area contributed by atoms with Gasteiger partial charge in [-0.25, -0.2) is 0 Å². The van der Waals surface area contributed by atoms with Crippen molar-refractivity contribution in [3.05, 3.63) is 0 Å². The lowest BCUT2D eigenvalue weighted by molar-refractivity contribution is 0.351. The Morgan fingerprint density at radius 2 is 2.27 bits per heavy atom. The molecular weight excluding hydrogens is 136 g/mol. The van der Waals surface area contributed by atoms with Gasteiger partial charge in [0.2, 0.25) is 0 Å². The number of hydrogen-bond acceptors (Lipinski definition) is 2. The van der Waals surface area contributed by atoms with Crippen molar-refractivity contribution in [2.45, 2.75) is 45.2 Å². The first-order valence-corrected chi connectivity index (χ1v) is 4.65. The molecule has 0 aliphatic carbocycles. The third kappa shape index (κ3) is 2.46. The maximum Gasteiger partial charge on any atom is 0.0275 e. The van der Waals surface area contributed by atoms with Gasteiger partial charge in [0, 0.05) is 18.1 Å². The van der Waals surface area contributed by atoms with Gasteiger partial charge in [0.05, 0.1) is 0 Å². The van der Waals surface area contributed by atoms with E-state index in [9.17, 15) is 0 Å². The Balaban J connectivity index is 2.45. The summed E-state index contributed by atoms with van der Waals surface area (Å²) in [7, 11) is 0. The zero-order valence-corrected chi connectivity index (χ0v) is 7.91. The fourth-order valence-electron chi connectivity index (χ4n) is 1.40. The van der Waals surface area contributed by atoms with Gasteiger partial charge >= 0.3 is 0 Å². The zero-order chi connectivity index (χ0) is 8.32. The summed E-state index contributed by atoms with van der Waals surface area (Å²) in [4.78, 5) is 0. The van der Waals surface area contributed by atoms with Gasteiger partial charge in [0.15, 0.2) is 0 Å². The first kappa shape index (κ1) is 9.01. The minimum absolute atomic E-state index is 0.324. The van der Waals surface area contributed by atoms with E-state index in [1.54, 1.807) is 0 Å². The highest BCUT2D eigenvalue weighted by Gasteiger charge is 2.24. The van der Waals surface area contributed by atoms with Crippen LogP contribution in [-0.2, 0) is 0 Å². The molecule has 0 spiro atoms. The van der Waals surface area contributed by atoms with Gasteiger partial charge < -0.3 is 10.6 Å². The minimum atomic E-state index is 0.324. The van der Waals surface area contributed by atoms with Crippen molar-refractivity contribution in [3.63, 3.8) is 0 Å². The van der Waals surface area contributed by atoms with Gasteiger partial charge in [-0.1, -0.05) is 6.92 Å². The fraction of sp³-hybridized carbons (Fsp3) is 1.00. The maximum absolute atomic E-state index is 3.58. The minimum Gasteiger partial charge on any atom is -0.312 e. The van der Waals surface area contributed by atoms with Crippen LogP contribution in [-0.4, -0.2) is 24.7 Å². The van der Waals surface area contributed by atoms with Crippen molar-refractivity contribution in [2.24, 2.45) is 0 Å². The third-order valence-electron chi connectivity index (χ3n) is 2.75. The SMILES string of the molecule is CCC1(C)CNC(C)CCN1. The predicted octanol–water partition coefficient (Wildman–Crippen LogP) is 1.13. The summed E-state index contributed by atoms with van der Waals surface area (Å²) in [5, 5.41) is 7.10. The van der Waals surface area contributed by atoms with Crippen LogP contribution >= 0.6 is 0 Å². The fourth-order valence-corrected chi connectivity index (χ4v) is 1.40. The molecule has 2 heteroatoms. The Labute approximate surface area is 69.8 Å². The Hall–Kier alpha value is -0.0800. The Morgan fingerprint density at radius 1 is 1.55 bits per heavy atom. The highest BCUT2D eigenvalue weighted by atomic mass is 15.1. The van der Waals surface area contributed by atoms with Crippen LogP contribution in [0.25, 0.3) is 0 Å². The summed E-state index contributed by atoms with van der Waals surface area (Å²) in [5.74, 6) is 0. The standard InChI is InChI=1S/C9H20N2/c1-4-9(3)7-10-8(2)5-6-11-9/h8,10-11H,4-7H2,1-3H3. The normalized spacial score (nSPS) is 40.1. The summed E-state index contributed by atoms with van der Waals surface area (Å²) in [6.07, 6.45) is 2.45. The zero-order valence-electron chi connectivity index (χ0n) is 7.91. The molecule has 0 saturated carbocycles. The summed E-state index contributed by atoms with van der Waals surface area (Å²) in [6.45, 7) is 9.04. The molecule has 1 saturated heterocycles. The smallest absolute Gasteiger partial charge is 0.0275 e. The summed E-state index contributed by atoms with van der Waals surface area (Å²) >= 11 is 0. The number of hydrogen-bond donors (Lipinski definition) is 2. The van der Waals surface area contributed by atoms with E-state index in [1.165, 1.54) is 12.8 Å². The number of rotatable bonds is 1. The molecule has 0 aromatic rings. The van der Waals surface area contributed by atoms with E-state index in [2.05, 4.69) is 31.4 Å². The van der Waals surface area contributed by atoms with Crippen LogP contribution < -0.4 is 10.6 Å². The molecule has 0 aromatic carbocycles. The molecule has 2 nitrogen and oxygen atoms in total. The van der Waals surface area contributed by atoms with Crippen molar-refractivity contribution in [1.82, 2.24) is 10.6 Å². The monoisotopic (exact) mass is 156 g/mol. The second-order valence-corrected chi connectivity index (χ2v) is 3.91. The van der Waals surface area contributed by atoms with Gasteiger partial charge in [-0.05, 0) is 33.2 Å². The van der Waals surface area contributed by atoms with Crippen LogP contribution in [0.5, 0.6) is 0 Å². The van der Waals surface area contributed by atoms with Crippen molar-refractivity contribution < 1.29 is 0 Å². The van der Waals surface area contributed by atoms with Crippen molar-refractivity contribution in [1.29, 1.82) is 0 Å². The van der Waals surface area contributed by atoms with Gasteiger partial charge in [0.25, 0.3) is 0 Å². The summed E-state index contributed by atoms with van der Waals surface area (Å²) < 4.78 is 0. The molecule has 2 N–H and O–H groups in total. The van der Waals surface area contributed by atoms with Crippen LogP contribution in [0, 0.1) is 0 Å². The molecule has 2 atom stereocenters. The average Bonchev–Trinajstić information content (AvgIpc) is 2.15. The molecule has 0 radical (unpaired) electrons. The number of nitrogens with one attached hydrogen (secondary N) is 2. The molecule has 66 valence electrons. The van der Waals surface area contributed by atoms with E-state index in [1.807, 2.05) is 0 Å². The molecule has 0 amide bonds. The lowest BCUT2D eigenvalue weighted by Crippen LogP contribution is -2.47. The van der Waals surface area contributed by atoms with Crippen LogP contribution in [0.4, 0.5) is 0 Å². The van der Waals surface area contributed by atoms with E-state index in [0.717, 1.165) is 13.1 Å². The Kier molecular flexibility index (Phi) is 2.90. The molecule has 2 unspecified atom stereocenters. The summed E-state index contributed by atoms with van der Waals surface area (Å²) in [6, 6.07) is 0.677. The molecule has 0 bridgehead atoms. The van der Waals surface area contributed by atoms with Crippen LogP contribution in [0.1, 0.15) is 33.6 Å². The van der Waals surface area contributed by atoms with Gasteiger partial charge in [-0.3, -0.25) is 0 Å². The van der Waals surface area contributed by atoms with Crippen LogP contribution in [0.2, 0.25) is 0 Å². The topological polar surface area (TPSA) is 24.1 Å². The molecule has 1 aliphatic heterocycles. The van der Waals surface area contributed by atoms with E-state index < -0.39 is 0 Å². The third-order valence-corrected chi connectivity index (χ3v) is 2.75. The highest BCUT2D eigenvalue weighted by Crippen LogP contribution is 2.11. The maximum atomic E-state index is 3.58. The Morgan fingerprint density at radius 3 is 2.91 bits per heavy atom. The van der Waals surface area contributed by atoms with Gasteiger partial charge in [0.1, 0.15) is 0 Å². The first-order valence-electron chi connectivity index (χ1n) is 4.65. The van der Waals surface area contributed by atoms with Crippen molar-refractivity contribution >= 4 is 0 Å². The molecular formula is C9H20N2. The van der Waals surface area contributed by atoms with E-state index in [-0.39, 0.29) is 0 Å². The van der Waals surface area contributed by atoms with Gasteiger partial charge in [-0.2, -0.15) is 0 Å². The summed E-state index contributed by atoms with van der Waals surface area (Å²) in [5.41, 5.74) is 0.324.